The summed E-state index contributed by atoms with van der Waals surface area (Å²) in [5.41, 5.74) is 0.376. The van der Waals surface area contributed by atoms with Gasteiger partial charge in [0.15, 0.2) is 17.3 Å². The summed E-state index contributed by atoms with van der Waals surface area (Å²) >= 11 is 1.29. The van der Waals surface area contributed by atoms with Gasteiger partial charge in [-0.3, -0.25) is 9.48 Å². The summed E-state index contributed by atoms with van der Waals surface area (Å²) < 4.78 is 12.2. The molecule has 1 aliphatic rings. The molecule has 1 aliphatic heterocycles. The molecular formula is C24H24N6O5S. The minimum atomic E-state index is -1.71. The minimum Gasteiger partial charge on any atom is -0.461 e. The van der Waals surface area contributed by atoms with Crippen molar-refractivity contribution in [3.8, 4) is 21.8 Å². The first-order valence-corrected chi connectivity index (χ1v) is 12.1. The van der Waals surface area contributed by atoms with Crippen molar-refractivity contribution in [2.75, 3.05) is 25.5 Å². The van der Waals surface area contributed by atoms with Crippen LogP contribution in [0.15, 0.2) is 47.1 Å². The van der Waals surface area contributed by atoms with Crippen LogP contribution in [0.2, 0.25) is 0 Å². The van der Waals surface area contributed by atoms with Gasteiger partial charge < -0.3 is 24.6 Å². The Morgan fingerprint density at radius 1 is 1.28 bits per heavy atom. The molecule has 1 amide bonds. The van der Waals surface area contributed by atoms with Gasteiger partial charge in [-0.05, 0) is 13.0 Å². The second-order valence-corrected chi connectivity index (χ2v) is 9.41. The number of aromatic nitrogens is 4. The number of carbonyl (C=O) groups excluding carboxylic acids is 2. The van der Waals surface area contributed by atoms with Gasteiger partial charge in [-0.25, -0.2) is 9.78 Å². The van der Waals surface area contributed by atoms with E-state index in [0.29, 0.717) is 33.6 Å². The quantitative estimate of drug-likeness (QED) is 0.361. The van der Waals surface area contributed by atoms with E-state index in [1.165, 1.54) is 16.2 Å². The average molecular weight is 509 g/mol. The Morgan fingerprint density at radius 2 is 2.08 bits per heavy atom. The molecule has 0 unspecified atom stereocenters. The van der Waals surface area contributed by atoms with Gasteiger partial charge >= 0.3 is 5.97 Å². The van der Waals surface area contributed by atoms with Crippen LogP contribution in [0, 0.1) is 0 Å². The van der Waals surface area contributed by atoms with E-state index in [0.717, 1.165) is 5.56 Å². The minimum absolute atomic E-state index is 0.109. The molecule has 11 nitrogen and oxygen atoms in total. The van der Waals surface area contributed by atoms with Crippen LogP contribution >= 0.6 is 11.3 Å². The standard InChI is InChI=1S/C24H24N6O5S/c1-4-34-22(31)19-21(25-18-8-10-30(3)27-18)36-20(26-19)15-7-5-6-14(12-15)16-13-17(35-28-16)24(33)9-11-29(2)23(24)32/h5-8,10,12-13,33H,4,9,11H2,1-3H3,(H,25,27)/t24-/m1/s1. The van der Waals surface area contributed by atoms with Gasteiger partial charge in [0.2, 0.25) is 5.60 Å². The van der Waals surface area contributed by atoms with Crippen LogP contribution in [0.4, 0.5) is 10.8 Å². The van der Waals surface area contributed by atoms with Gasteiger partial charge in [0.25, 0.3) is 5.91 Å². The molecule has 1 fully saturated rings. The number of amides is 1. The predicted octanol–water partition coefficient (Wildman–Crippen LogP) is 3.17. The number of thiazole rings is 1. The first-order chi connectivity index (χ1) is 17.3. The first kappa shape index (κ1) is 23.7. The fourth-order valence-corrected chi connectivity index (χ4v) is 4.92. The van der Waals surface area contributed by atoms with Crippen molar-refractivity contribution in [3.63, 3.8) is 0 Å². The Labute approximate surface area is 210 Å². The SMILES string of the molecule is CCOC(=O)c1nc(-c2cccc(-c3cc([C@]4(O)CCN(C)C4=O)on3)c2)sc1Nc1ccn(C)n1. The van der Waals surface area contributed by atoms with Crippen molar-refractivity contribution in [2.45, 2.75) is 18.9 Å². The Hall–Kier alpha value is -4.03. The van der Waals surface area contributed by atoms with Crippen LogP contribution in [0.1, 0.15) is 29.6 Å². The average Bonchev–Trinajstić information content (AvgIpc) is 3.66. The topological polar surface area (TPSA) is 136 Å². The molecule has 4 heterocycles. The molecule has 1 saturated heterocycles. The molecule has 12 heteroatoms. The van der Waals surface area contributed by atoms with Crippen LogP contribution in [0.3, 0.4) is 0 Å². The molecule has 4 aromatic rings. The third-order valence-corrected chi connectivity index (χ3v) is 6.90. The number of nitrogens with zero attached hydrogens (tertiary/aromatic N) is 5. The summed E-state index contributed by atoms with van der Waals surface area (Å²) in [5, 5.41) is 23.5. The highest BCUT2D eigenvalue weighted by Crippen LogP contribution is 2.37. The molecule has 0 spiro atoms. The lowest BCUT2D eigenvalue weighted by atomic mass is 9.98. The van der Waals surface area contributed by atoms with Gasteiger partial charge in [-0.15, -0.1) is 0 Å². The molecule has 36 heavy (non-hydrogen) atoms. The van der Waals surface area contributed by atoms with Crippen LogP contribution in [-0.2, 0) is 22.2 Å². The summed E-state index contributed by atoms with van der Waals surface area (Å²) in [6, 6.07) is 10.8. The number of benzene rings is 1. The van der Waals surface area contributed by atoms with E-state index in [2.05, 4.69) is 20.6 Å². The molecule has 186 valence electrons. The number of rotatable bonds is 7. The molecule has 0 saturated carbocycles. The highest BCUT2D eigenvalue weighted by Gasteiger charge is 2.48. The van der Waals surface area contributed by atoms with E-state index >= 15 is 0 Å². The van der Waals surface area contributed by atoms with Crippen molar-refractivity contribution >= 4 is 34.0 Å². The smallest absolute Gasteiger partial charge is 0.360 e. The lowest BCUT2D eigenvalue weighted by molar-refractivity contribution is -0.144. The number of aliphatic hydroxyl groups is 1. The maximum absolute atomic E-state index is 12.6. The van der Waals surface area contributed by atoms with Crippen molar-refractivity contribution < 1.29 is 24.0 Å². The molecule has 1 aromatic carbocycles. The first-order valence-electron chi connectivity index (χ1n) is 11.3. The van der Waals surface area contributed by atoms with E-state index in [1.54, 1.807) is 44.0 Å². The van der Waals surface area contributed by atoms with E-state index in [4.69, 9.17) is 9.26 Å². The maximum Gasteiger partial charge on any atom is 0.360 e. The summed E-state index contributed by atoms with van der Waals surface area (Å²) in [5.74, 6) is -0.263. The van der Waals surface area contributed by atoms with Gasteiger partial charge in [0.1, 0.15) is 15.7 Å². The Balaban J connectivity index is 1.47. The van der Waals surface area contributed by atoms with E-state index in [-0.39, 0.29) is 24.5 Å². The number of nitrogens with one attached hydrogen (secondary N) is 1. The zero-order valence-corrected chi connectivity index (χ0v) is 20.7. The van der Waals surface area contributed by atoms with Crippen molar-refractivity contribution in [2.24, 2.45) is 7.05 Å². The second kappa shape index (κ2) is 9.21. The molecule has 2 N–H and O–H groups in total. The number of likely N-dealkylation sites (N-methyl/N-ethyl adjacent to an activating group) is 1. The zero-order valence-electron chi connectivity index (χ0n) is 19.9. The molecule has 0 radical (unpaired) electrons. The fourth-order valence-electron chi connectivity index (χ4n) is 3.96. The van der Waals surface area contributed by atoms with E-state index < -0.39 is 17.5 Å². The van der Waals surface area contributed by atoms with Crippen molar-refractivity contribution in [3.05, 3.63) is 54.0 Å². The van der Waals surface area contributed by atoms with Crippen molar-refractivity contribution in [1.29, 1.82) is 0 Å². The third kappa shape index (κ3) is 4.25. The number of ether oxygens (including phenoxy) is 1. The Morgan fingerprint density at radius 3 is 2.78 bits per heavy atom. The lowest BCUT2D eigenvalue weighted by Crippen LogP contribution is -2.35. The number of aryl methyl sites for hydroxylation is 1. The summed E-state index contributed by atoms with van der Waals surface area (Å²) in [6.45, 7) is 2.40. The summed E-state index contributed by atoms with van der Waals surface area (Å²) in [6.07, 6.45) is 2.02. The van der Waals surface area contributed by atoms with Crippen molar-refractivity contribution in [1.82, 2.24) is 24.8 Å². The fraction of sp³-hybridized carbons (Fsp3) is 0.292. The molecule has 0 bridgehead atoms. The number of hydrogen-bond acceptors (Lipinski definition) is 10. The van der Waals surface area contributed by atoms with Crippen LogP contribution in [0.5, 0.6) is 0 Å². The maximum atomic E-state index is 12.6. The Kier molecular flexibility index (Phi) is 6.06. The van der Waals surface area contributed by atoms with Gasteiger partial charge in [-0.1, -0.05) is 34.7 Å². The number of anilines is 2. The second-order valence-electron chi connectivity index (χ2n) is 8.41. The Bertz CT molecular complexity index is 1440. The highest BCUT2D eigenvalue weighted by atomic mass is 32.1. The lowest BCUT2D eigenvalue weighted by Gasteiger charge is -2.16. The molecule has 0 aliphatic carbocycles. The number of likely N-dealkylation sites (tertiary alicyclic amines) is 1. The third-order valence-electron chi connectivity index (χ3n) is 5.88. The van der Waals surface area contributed by atoms with Crippen LogP contribution in [-0.4, -0.2) is 62.0 Å². The predicted molar refractivity (Wildman–Crippen MR) is 132 cm³/mol. The zero-order chi connectivity index (χ0) is 25.4. The van der Waals surface area contributed by atoms with Gasteiger partial charge in [-0.2, -0.15) is 5.10 Å². The highest BCUT2D eigenvalue weighted by molar-refractivity contribution is 7.19. The normalized spacial score (nSPS) is 17.6. The van der Waals surface area contributed by atoms with E-state index in [9.17, 15) is 14.7 Å². The number of hydrogen-bond donors (Lipinski definition) is 2. The summed E-state index contributed by atoms with van der Waals surface area (Å²) in [7, 11) is 3.44. The van der Waals surface area contributed by atoms with Gasteiger partial charge in [0, 0.05) is 56.5 Å². The monoisotopic (exact) mass is 508 g/mol. The largest absolute Gasteiger partial charge is 0.461 e. The van der Waals surface area contributed by atoms with Gasteiger partial charge in [0.05, 0.1) is 6.61 Å². The van der Waals surface area contributed by atoms with Crippen LogP contribution < -0.4 is 5.32 Å². The van der Waals surface area contributed by atoms with E-state index in [1.807, 2.05) is 24.3 Å². The number of carbonyl (C=O) groups is 2. The summed E-state index contributed by atoms with van der Waals surface area (Å²) in [4.78, 5) is 31.0. The molecule has 5 rings (SSSR count). The molecular weight excluding hydrogens is 484 g/mol. The molecule has 1 atom stereocenters. The van der Waals surface area contributed by atoms with Crippen LogP contribution in [0.25, 0.3) is 21.8 Å². The number of esters is 1. The molecule has 3 aromatic heterocycles.